The van der Waals surface area contributed by atoms with E-state index in [1.54, 1.807) is 0 Å². The second-order valence-electron chi connectivity index (χ2n) is 5.02. The molecule has 0 bridgehead atoms. The van der Waals surface area contributed by atoms with Crippen molar-refractivity contribution in [3.8, 4) is 0 Å². The smallest absolute Gasteiger partial charge is 0.0340 e. The lowest BCUT2D eigenvalue weighted by Gasteiger charge is -2.16. The fraction of sp³-hybridized carbons (Fsp3) is 0.600. The molecule has 0 atom stereocenters. The molecule has 2 rings (SSSR count). The van der Waals surface area contributed by atoms with Gasteiger partial charge in [0.15, 0.2) is 0 Å². The minimum Gasteiger partial charge on any atom is -0.388 e. The quantitative estimate of drug-likeness (QED) is 0.776. The Kier molecular flexibility index (Phi) is 4.87. The number of anilines is 1. The van der Waals surface area contributed by atoms with Crippen molar-refractivity contribution in [2.75, 3.05) is 12.4 Å². The number of hydrogen-bond acceptors (Lipinski definition) is 2. The van der Waals surface area contributed by atoms with E-state index < -0.39 is 0 Å². The third-order valence-electron chi connectivity index (χ3n) is 3.67. The van der Waals surface area contributed by atoms with Crippen LogP contribution in [0.5, 0.6) is 0 Å². The topological polar surface area (TPSA) is 24.1 Å². The SMILES string of the molecule is CNc1cccc(CNC2CCCCCC2)c1. The van der Waals surface area contributed by atoms with Crippen LogP contribution in [0.15, 0.2) is 24.3 Å². The van der Waals surface area contributed by atoms with E-state index in [-0.39, 0.29) is 0 Å². The highest BCUT2D eigenvalue weighted by Crippen LogP contribution is 2.18. The van der Waals surface area contributed by atoms with Crippen molar-refractivity contribution in [3.63, 3.8) is 0 Å². The Morgan fingerprint density at radius 2 is 1.88 bits per heavy atom. The Balaban J connectivity index is 1.83. The van der Waals surface area contributed by atoms with Crippen molar-refractivity contribution in [2.24, 2.45) is 0 Å². The first-order valence-electron chi connectivity index (χ1n) is 6.88. The standard InChI is InChI=1S/C15H24N2/c1-16-15-10-6-7-13(11-15)12-17-14-8-4-2-3-5-9-14/h6-7,10-11,14,16-17H,2-5,8-9,12H2,1H3. The van der Waals surface area contributed by atoms with Gasteiger partial charge >= 0.3 is 0 Å². The van der Waals surface area contributed by atoms with Crippen molar-refractivity contribution < 1.29 is 0 Å². The van der Waals surface area contributed by atoms with E-state index in [0.717, 1.165) is 12.6 Å². The van der Waals surface area contributed by atoms with Crippen LogP contribution in [-0.4, -0.2) is 13.1 Å². The summed E-state index contributed by atoms with van der Waals surface area (Å²) < 4.78 is 0. The summed E-state index contributed by atoms with van der Waals surface area (Å²) in [6.07, 6.45) is 8.35. The van der Waals surface area contributed by atoms with Gasteiger partial charge in [-0.05, 0) is 30.5 Å². The van der Waals surface area contributed by atoms with E-state index in [2.05, 4.69) is 34.9 Å². The van der Waals surface area contributed by atoms with Gasteiger partial charge in [-0.2, -0.15) is 0 Å². The van der Waals surface area contributed by atoms with Gasteiger partial charge in [0.25, 0.3) is 0 Å². The molecule has 0 heterocycles. The summed E-state index contributed by atoms with van der Waals surface area (Å²) in [6.45, 7) is 1.00. The van der Waals surface area contributed by atoms with Crippen molar-refractivity contribution in [1.82, 2.24) is 5.32 Å². The molecule has 0 spiro atoms. The van der Waals surface area contributed by atoms with Crippen molar-refractivity contribution in [2.45, 2.75) is 51.1 Å². The number of benzene rings is 1. The zero-order chi connectivity index (χ0) is 11.9. The molecule has 94 valence electrons. The van der Waals surface area contributed by atoms with Gasteiger partial charge in [0, 0.05) is 25.3 Å². The van der Waals surface area contributed by atoms with Gasteiger partial charge in [-0.15, -0.1) is 0 Å². The lowest BCUT2D eigenvalue weighted by Crippen LogP contribution is -2.27. The molecule has 0 aliphatic heterocycles. The van der Waals surface area contributed by atoms with Gasteiger partial charge in [-0.3, -0.25) is 0 Å². The van der Waals surface area contributed by atoms with Gasteiger partial charge in [0.05, 0.1) is 0 Å². The van der Waals surface area contributed by atoms with Gasteiger partial charge in [0.1, 0.15) is 0 Å². The summed E-state index contributed by atoms with van der Waals surface area (Å²) in [6, 6.07) is 9.38. The molecule has 17 heavy (non-hydrogen) atoms. The van der Waals surface area contributed by atoms with Gasteiger partial charge < -0.3 is 10.6 Å². The first-order valence-corrected chi connectivity index (χ1v) is 6.88. The Bertz CT molecular complexity index is 327. The first kappa shape index (κ1) is 12.4. The molecular weight excluding hydrogens is 208 g/mol. The molecule has 2 nitrogen and oxygen atoms in total. The Morgan fingerprint density at radius 3 is 2.59 bits per heavy atom. The van der Waals surface area contributed by atoms with E-state index in [1.165, 1.54) is 49.8 Å². The molecule has 0 saturated heterocycles. The predicted octanol–water partition coefficient (Wildman–Crippen LogP) is 3.54. The van der Waals surface area contributed by atoms with Crippen molar-refractivity contribution >= 4 is 5.69 Å². The normalized spacial score (nSPS) is 17.7. The lowest BCUT2D eigenvalue weighted by molar-refractivity contribution is 0.459. The van der Waals surface area contributed by atoms with E-state index in [0.29, 0.717) is 0 Å². The van der Waals surface area contributed by atoms with Crippen LogP contribution >= 0.6 is 0 Å². The summed E-state index contributed by atoms with van der Waals surface area (Å²) >= 11 is 0. The second kappa shape index (κ2) is 6.65. The van der Waals surface area contributed by atoms with Crippen LogP contribution in [-0.2, 0) is 6.54 Å². The molecule has 0 radical (unpaired) electrons. The van der Waals surface area contributed by atoms with Crippen LogP contribution < -0.4 is 10.6 Å². The average Bonchev–Trinajstić information content (AvgIpc) is 2.65. The number of nitrogens with one attached hydrogen (secondary N) is 2. The third-order valence-corrected chi connectivity index (χ3v) is 3.67. The number of hydrogen-bond donors (Lipinski definition) is 2. The summed E-state index contributed by atoms with van der Waals surface area (Å²) in [5, 5.41) is 6.89. The largest absolute Gasteiger partial charge is 0.388 e. The van der Waals surface area contributed by atoms with E-state index in [1.807, 2.05) is 7.05 Å². The number of rotatable bonds is 4. The summed E-state index contributed by atoms with van der Waals surface area (Å²) in [7, 11) is 1.97. The van der Waals surface area contributed by atoms with E-state index in [4.69, 9.17) is 0 Å². The van der Waals surface area contributed by atoms with E-state index in [9.17, 15) is 0 Å². The molecule has 0 aromatic heterocycles. The lowest BCUT2D eigenvalue weighted by atomic mass is 10.1. The molecule has 2 N–H and O–H groups in total. The Hall–Kier alpha value is -1.02. The highest BCUT2D eigenvalue weighted by molar-refractivity contribution is 5.44. The van der Waals surface area contributed by atoms with Crippen molar-refractivity contribution in [1.29, 1.82) is 0 Å². The molecule has 1 saturated carbocycles. The van der Waals surface area contributed by atoms with Crippen LogP contribution in [0.25, 0.3) is 0 Å². The maximum atomic E-state index is 3.70. The molecule has 0 unspecified atom stereocenters. The van der Waals surface area contributed by atoms with Crippen LogP contribution in [0.1, 0.15) is 44.1 Å². The minimum absolute atomic E-state index is 0.732. The molecule has 1 aromatic rings. The third kappa shape index (κ3) is 4.04. The zero-order valence-corrected chi connectivity index (χ0v) is 10.8. The first-order chi connectivity index (χ1) is 8.38. The summed E-state index contributed by atoms with van der Waals surface area (Å²) in [5.74, 6) is 0. The molecular formula is C15H24N2. The predicted molar refractivity (Wildman–Crippen MR) is 74.3 cm³/mol. The Labute approximate surface area is 105 Å². The fourth-order valence-corrected chi connectivity index (χ4v) is 2.58. The second-order valence-corrected chi connectivity index (χ2v) is 5.02. The monoisotopic (exact) mass is 232 g/mol. The van der Waals surface area contributed by atoms with Crippen molar-refractivity contribution in [3.05, 3.63) is 29.8 Å². The van der Waals surface area contributed by atoms with Crippen LogP contribution in [0.2, 0.25) is 0 Å². The highest BCUT2D eigenvalue weighted by atomic mass is 14.9. The summed E-state index contributed by atoms with van der Waals surface area (Å²) in [4.78, 5) is 0. The molecule has 1 fully saturated rings. The van der Waals surface area contributed by atoms with Crippen LogP contribution in [0, 0.1) is 0 Å². The maximum Gasteiger partial charge on any atom is 0.0340 e. The molecule has 1 aliphatic carbocycles. The highest BCUT2D eigenvalue weighted by Gasteiger charge is 2.11. The maximum absolute atomic E-state index is 3.70. The van der Waals surface area contributed by atoms with Gasteiger partial charge in [-0.25, -0.2) is 0 Å². The summed E-state index contributed by atoms with van der Waals surface area (Å²) in [5.41, 5.74) is 2.58. The average molecular weight is 232 g/mol. The molecule has 1 aromatic carbocycles. The zero-order valence-electron chi connectivity index (χ0n) is 10.8. The molecule has 0 amide bonds. The molecule has 2 heteroatoms. The fourth-order valence-electron chi connectivity index (χ4n) is 2.58. The minimum atomic E-state index is 0.732. The van der Waals surface area contributed by atoms with Crippen LogP contribution in [0.4, 0.5) is 5.69 Å². The van der Waals surface area contributed by atoms with Gasteiger partial charge in [0.2, 0.25) is 0 Å². The van der Waals surface area contributed by atoms with E-state index >= 15 is 0 Å². The van der Waals surface area contributed by atoms with Crippen LogP contribution in [0.3, 0.4) is 0 Å². The molecule has 1 aliphatic rings. The Morgan fingerprint density at radius 1 is 1.12 bits per heavy atom. The van der Waals surface area contributed by atoms with Gasteiger partial charge in [-0.1, -0.05) is 37.8 Å².